The summed E-state index contributed by atoms with van der Waals surface area (Å²) in [6, 6.07) is 4.14. The van der Waals surface area contributed by atoms with Crippen LogP contribution in [0.3, 0.4) is 0 Å². The summed E-state index contributed by atoms with van der Waals surface area (Å²) >= 11 is 17.8. The van der Waals surface area contributed by atoms with Gasteiger partial charge < -0.3 is 15.2 Å². The Labute approximate surface area is 182 Å². The van der Waals surface area contributed by atoms with Gasteiger partial charge in [-0.25, -0.2) is 0 Å². The maximum Gasteiger partial charge on any atom is 0.362 e. The molecule has 0 unspecified atom stereocenters. The van der Waals surface area contributed by atoms with Crippen molar-refractivity contribution in [1.29, 1.82) is 0 Å². The number of benzene rings is 1. The molecule has 2 aromatic rings. The van der Waals surface area contributed by atoms with Crippen LogP contribution >= 0.6 is 46.6 Å². The number of aliphatic hydroxyl groups excluding tert-OH is 1. The van der Waals surface area contributed by atoms with Gasteiger partial charge in [-0.15, -0.1) is 0 Å². The predicted molar refractivity (Wildman–Crippen MR) is 96.6 cm³/mol. The van der Waals surface area contributed by atoms with Gasteiger partial charge in [0.2, 0.25) is 0 Å². The van der Waals surface area contributed by atoms with Gasteiger partial charge in [0.05, 0.1) is 14.9 Å². The third kappa shape index (κ3) is 6.70. The van der Waals surface area contributed by atoms with Crippen molar-refractivity contribution in [3.8, 4) is 5.75 Å². The summed E-state index contributed by atoms with van der Waals surface area (Å²) in [5, 5.41) is 14.1. The summed E-state index contributed by atoms with van der Waals surface area (Å²) in [6.45, 7) is 3.67. The number of aromatic nitrogens is 1. The van der Waals surface area contributed by atoms with Crippen molar-refractivity contribution in [3.63, 3.8) is 0 Å². The SMILES string of the molecule is CCO.Cc1ccc(Cl)c(Sc2cc(C(F)(F)Cl)[nH]c(=O)c2O)c1Cl.[W]. The van der Waals surface area contributed by atoms with Crippen LogP contribution in [0.25, 0.3) is 0 Å². The van der Waals surface area contributed by atoms with Crippen LogP contribution in [0.15, 0.2) is 32.8 Å². The summed E-state index contributed by atoms with van der Waals surface area (Å²) in [6.07, 6.45) is 0. The van der Waals surface area contributed by atoms with Gasteiger partial charge in [-0.05, 0) is 43.1 Å². The van der Waals surface area contributed by atoms with Crippen LogP contribution in [0, 0.1) is 6.92 Å². The molecular weight excluding hydrogens is 602 g/mol. The van der Waals surface area contributed by atoms with E-state index in [2.05, 4.69) is 0 Å². The van der Waals surface area contributed by atoms with Crippen LogP contribution < -0.4 is 5.56 Å². The smallest absolute Gasteiger partial charge is 0.362 e. The first kappa shape index (κ1) is 25.7. The van der Waals surface area contributed by atoms with Gasteiger partial charge in [-0.3, -0.25) is 4.79 Å². The van der Waals surface area contributed by atoms with Gasteiger partial charge >= 0.3 is 5.38 Å². The zero-order valence-electron chi connectivity index (χ0n) is 13.4. The fourth-order valence-corrected chi connectivity index (χ4v) is 3.30. The minimum Gasteiger partial charge on any atom is -0.502 e. The molecule has 144 valence electrons. The van der Waals surface area contributed by atoms with Crippen LogP contribution in [0.4, 0.5) is 8.78 Å². The van der Waals surface area contributed by atoms with Crippen LogP contribution in [0.2, 0.25) is 10.0 Å². The second-order valence-electron chi connectivity index (χ2n) is 4.65. The molecule has 0 fully saturated rings. The number of hydrogen-bond donors (Lipinski definition) is 3. The number of hydrogen-bond acceptors (Lipinski definition) is 4. The number of pyridine rings is 1. The fraction of sp³-hybridized carbons (Fsp3) is 0.267. The van der Waals surface area contributed by atoms with E-state index in [1.807, 2.05) is 4.98 Å². The number of aromatic amines is 1. The van der Waals surface area contributed by atoms with E-state index in [9.17, 15) is 18.7 Å². The first-order valence-corrected chi connectivity index (χ1v) is 8.74. The second kappa shape index (κ2) is 10.9. The summed E-state index contributed by atoms with van der Waals surface area (Å²) in [5.41, 5.74) is -1.21. The van der Waals surface area contributed by atoms with Crippen molar-refractivity contribution in [2.75, 3.05) is 6.61 Å². The Balaban J connectivity index is 0.00000146. The molecule has 0 aliphatic heterocycles. The van der Waals surface area contributed by atoms with Crippen molar-refractivity contribution >= 4 is 46.6 Å². The Kier molecular flexibility index (Phi) is 10.8. The summed E-state index contributed by atoms with van der Waals surface area (Å²) in [4.78, 5) is 13.6. The van der Waals surface area contributed by atoms with Crippen LogP contribution in [-0.2, 0) is 26.4 Å². The van der Waals surface area contributed by atoms with Gasteiger partial charge in [0.15, 0.2) is 5.75 Å². The molecule has 0 amide bonds. The minimum atomic E-state index is -3.78. The first-order valence-electron chi connectivity index (χ1n) is 6.79. The zero-order valence-corrected chi connectivity index (χ0v) is 19.5. The first-order chi connectivity index (χ1) is 11.5. The maximum atomic E-state index is 13.2. The summed E-state index contributed by atoms with van der Waals surface area (Å²) in [7, 11) is 0. The normalized spacial score (nSPS) is 10.6. The summed E-state index contributed by atoms with van der Waals surface area (Å²) in [5.74, 6) is -0.719. The molecule has 2 rings (SSSR count). The molecule has 26 heavy (non-hydrogen) atoms. The molecule has 1 aromatic heterocycles. The van der Waals surface area contributed by atoms with Crippen molar-refractivity contribution in [2.24, 2.45) is 0 Å². The molecule has 0 saturated heterocycles. The van der Waals surface area contributed by atoms with Crippen LogP contribution in [0.5, 0.6) is 5.75 Å². The van der Waals surface area contributed by atoms with E-state index in [-0.39, 0.29) is 37.6 Å². The molecule has 0 atom stereocenters. The molecule has 0 spiro atoms. The van der Waals surface area contributed by atoms with E-state index in [0.717, 1.165) is 17.8 Å². The van der Waals surface area contributed by atoms with Crippen molar-refractivity contribution in [2.45, 2.75) is 29.0 Å². The number of halogens is 5. The van der Waals surface area contributed by atoms with Gasteiger partial charge in [0.25, 0.3) is 5.56 Å². The Morgan fingerprint density at radius 1 is 1.31 bits per heavy atom. The third-order valence-electron chi connectivity index (χ3n) is 2.73. The molecule has 1 aromatic carbocycles. The Morgan fingerprint density at radius 3 is 2.35 bits per heavy atom. The fourth-order valence-electron chi connectivity index (χ4n) is 1.59. The van der Waals surface area contributed by atoms with Gasteiger partial charge in [-0.1, -0.05) is 41.0 Å². The number of aryl methyl sites for hydroxylation is 1. The zero-order chi connectivity index (χ0) is 19.4. The molecule has 0 radical (unpaired) electrons. The van der Waals surface area contributed by atoms with E-state index < -0.39 is 22.4 Å². The van der Waals surface area contributed by atoms with Crippen molar-refractivity contribution in [1.82, 2.24) is 4.98 Å². The van der Waals surface area contributed by atoms with Crippen molar-refractivity contribution < 1.29 is 40.1 Å². The number of aromatic hydroxyl groups is 1. The molecule has 1 heterocycles. The molecule has 0 bridgehead atoms. The quantitative estimate of drug-likeness (QED) is 0.419. The molecule has 0 aliphatic rings. The molecular formula is C15H14Cl3F2NO3SW. The second-order valence-corrected chi connectivity index (χ2v) is 6.96. The maximum absolute atomic E-state index is 13.2. The number of alkyl halides is 3. The van der Waals surface area contributed by atoms with Gasteiger partial charge in [-0.2, -0.15) is 8.78 Å². The average molecular weight is 617 g/mol. The van der Waals surface area contributed by atoms with E-state index in [1.54, 1.807) is 26.0 Å². The average Bonchev–Trinajstić information content (AvgIpc) is 2.51. The minimum absolute atomic E-state index is 0. The van der Waals surface area contributed by atoms with Crippen LogP contribution in [0.1, 0.15) is 18.2 Å². The van der Waals surface area contributed by atoms with E-state index in [1.165, 1.54) is 0 Å². The number of nitrogens with one attached hydrogen (secondary N) is 1. The molecule has 0 saturated carbocycles. The summed E-state index contributed by atoms with van der Waals surface area (Å²) < 4.78 is 26.3. The topological polar surface area (TPSA) is 73.3 Å². The van der Waals surface area contributed by atoms with Crippen molar-refractivity contribution in [3.05, 3.63) is 49.9 Å². The molecule has 4 nitrogen and oxygen atoms in total. The number of rotatable bonds is 3. The molecule has 11 heteroatoms. The Morgan fingerprint density at radius 2 is 1.85 bits per heavy atom. The number of H-pyrrole nitrogens is 1. The van der Waals surface area contributed by atoms with E-state index >= 15 is 0 Å². The largest absolute Gasteiger partial charge is 0.502 e. The predicted octanol–water partition coefficient (Wildman–Crippen LogP) is 5.13. The van der Waals surface area contributed by atoms with E-state index in [4.69, 9.17) is 39.9 Å². The Hall–Kier alpha value is -0.302. The molecule has 0 aliphatic carbocycles. The van der Waals surface area contributed by atoms with Gasteiger partial charge in [0.1, 0.15) is 5.69 Å². The van der Waals surface area contributed by atoms with Gasteiger partial charge in [0, 0.05) is 32.6 Å². The van der Waals surface area contributed by atoms with E-state index in [0.29, 0.717) is 15.5 Å². The third-order valence-corrected chi connectivity index (χ3v) is 5.12. The monoisotopic (exact) mass is 615 g/mol. The standard InChI is InChI=1S/C13H8Cl3F2NO2S.C2H6O.W/c1-5-2-3-6(14)11(9(5)15)22-7-4-8(13(16,17)18)19-12(21)10(7)20;1-2-3;/h2-4,20H,1H3,(H,19,21);3H,2H2,1H3;. The Bertz CT molecular complexity index is 816. The molecule has 3 N–H and O–H groups in total. The van der Waals surface area contributed by atoms with Crippen LogP contribution in [-0.4, -0.2) is 21.8 Å². The number of aliphatic hydroxyl groups is 1.